The average molecular weight is 332 g/mol. The molecule has 2 unspecified atom stereocenters. The second kappa shape index (κ2) is 10.4. The number of nitrogens with one attached hydrogen (secondary N) is 2. The summed E-state index contributed by atoms with van der Waals surface area (Å²) in [5.41, 5.74) is 3.26. The van der Waals surface area contributed by atoms with Gasteiger partial charge in [0.05, 0.1) is 17.5 Å². The van der Waals surface area contributed by atoms with Crippen molar-refractivity contribution in [3.05, 3.63) is 23.9 Å². The van der Waals surface area contributed by atoms with Crippen molar-refractivity contribution in [3.8, 4) is 0 Å². The first-order valence-electron chi connectivity index (χ1n) is 9.21. The Morgan fingerprint density at radius 3 is 2.71 bits per heavy atom. The topological polar surface area (TPSA) is 69.0 Å². The normalized spacial score (nSPS) is 23.6. The Labute approximate surface area is 146 Å². The van der Waals surface area contributed by atoms with E-state index in [1.54, 1.807) is 0 Å². The Kier molecular flexibility index (Phi) is 8.19. The van der Waals surface area contributed by atoms with Gasteiger partial charge in [-0.2, -0.15) is 0 Å². The van der Waals surface area contributed by atoms with Gasteiger partial charge in [-0.15, -0.1) is 0 Å². The molecule has 0 aromatic carbocycles. The van der Waals surface area contributed by atoms with E-state index in [1.165, 1.54) is 25.0 Å². The maximum atomic E-state index is 10.1. The van der Waals surface area contributed by atoms with Crippen LogP contribution in [-0.2, 0) is 0 Å². The van der Waals surface area contributed by atoms with Crippen LogP contribution < -0.4 is 10.6 Å². The highest BCUT2D eigenvalue weighted by Gasteiger charge is 2.14. The van der Waals surface area contributed by atoms with Crippen LogP contribution in [0.5, 0.6) is 0 Å². The minimum atomic E-state index is -0.328. The van der Waals surface area contributed by atoms with E-state index in [2.05, 4.69) is 33.6 Å². The molecule has 5 nitrogen and oxygen atoms in total. The van der Waals surface area contributed by atoms with Crippen molar-refractivity contribution in [1.29, 1.82) is 0 Å². The molecule has 2 aliphatic rings. The van der Waals surface area contributed by atoms with E-state index in [-0.39, 0.29) is 6.10 Å². The molecule has 2 heterocycles. The van der Waals surface area contributed by atoms with Crippen molar-refractivity contribution in [2.75, 3.05) is 26.2 Å². The van der Waals surface area contributed by atoms with Crippen molar-refractivity contribution in [2.24, 2.45) is 9.98 Å². The number of piperidine rings is 1. The number of hydrogen-bond acceptors (Lipinski definition) is 5. The van der Waals surface area contributed by atoms with Gasteiger partial charge in [-0.1, -0.05) is 18.6 Å². The number of aliphatic hydroxyl groups excluding tert-OH is 1. The third-order valence-corrected chi connectivity index (χ3v) is 4.65. The van der Waals surface area contributed by atoms with Crippen LogP contribution in [0.25, 0.3) is 0 Å². The van der Waals surface area contributed by atoms with Gasteiger partial charge in [-0.3, -0.25) is 9.98 Å². The SMILES string of the molecule is CC(=NCCC(O)CCN=C(C)C1CCCCN1)C1=CC=CCN1. The minimum absolute atomic E-state index is 0.328. The predicted octanol–water partition coefficient (Wildman–Crippen LogP) is 2.23. The molecule has 5 heteroatoms. The molecule has 0 bridgehead atoms. The maximum Gasteiger partial charge on any atom is 0.0575 e. The zero-order chi connectivity index (χ0) is 17.2. The molecule has 1 saturated heterocycles. The van der Waals surface area contributed by atoms with Crippen LogP contribution in [0.4, 0.5) is 0 Å². The number of aliphatic hydroxyl groups is 1. The molecular formula is C19H32N4O. The van der Waals surface area contributed by atoms with Crippen LogP contribution in [0.2, 0.25) is 0 Å². The average Bonchev–Trinajstić information content (AvgIpc) is 2.63. The molecule has 2 atom stereocenters. The lowest BCUT2D eigenvalue weighted by atomic mass is 10.0. The summed E-state index contributed by atoms with van der Waals surface area (Å²) in [5.74, 6) is 0. The lowest BCUT2D eigenvalue weighted by Crippen LogP contribution is -2.39. The zero-order valence-corrected chi connectivity index (χ0v) is 15.1. The first-order chi connectivity index (χ1) is 11.7. The molecule has 0 aliphatic carbocycles. The Bertz CT molecular complexity index is 501. The van der Waals surface area contributed by atoms with Crippen LogP contribution in [0, 0.1) is 0 Å². The number of nitrogens with zero attached hydrogens (tertiary/aromatic N) is 2. The standard InChI is InChI=1S/C19H32N4O/c1-15(18-7-3-5-11-22-18)20-13-9-17(24)10-14-21-16(2)19-8-4-6-12-23-19/h3,5,7,17,19,22-24H,4,6,8-14H2,1-2H3. The monoisotopic (exact) mass is 332 g/mol. The Morgan fingerprint density at radius 1 is 1.25 bits per heavy atom. The molecule has 2 aliphatic heterocycles. The number of aliphatic imine (C=N–C) groups is 2. The lowest BCUT2D eigenvalue weighted by Gasteiger charge is -2.23. The second-order valence-electron chi connectivity index (χ2n) is 6.61. The summed E-state index contributed by atoms with van der Waals surface area (Å²) in [4.78, 5) is 9.19. The van der Waals surface area contributed by atoms with Crippen LogP contribution in [-0.4, -0.2) is 54.9 Å². The molecule has 0 saturated carbocycles. The molecule has 0 radical (unpaired) electrons. The smallest absolute Gasteiger partial charge is 0.0575 e. The van der Waals surface area contributed by atoms with E-state index in [0.717, 1.165) is 24.5 Å². The number of dihydropyridines is 1. The summed E-state index contributed by atoms with van der Waals surface area (Å²) in [7, 11) is 0. The molecule has 24 heavy (non-hydrogen) atoms. The van der Waals surface area contributed by atoms with Crippen molar-refractivity contribution < 1.29 is 5.11 Å². The van der Waals surface area contributed by atoms with Crippen LogP contribution >= 0.6 is 0 Å². The molecule has 3 N–H and O–H groups in total. The van der Waals surface area contributed by atoms with Gasteiger partial charge in [0, 0.05) is 31.4 Å². The Morgan fingerprint density at radius 2 is 2.04 bits per heavy atom. The first-order valence-corrected chi connectivity index (χ1v) is 9.21. The molecule has 134 valence electrons. The van der Waals surface area contributed by atoms with Gasteiger partial charge in [-0.05, 0) is 52.2 Å². The van der Waals surface area contributed by atoms with Gasteiger partial charge >= 0.3 is 0 Å². The fourth-order valence-corrected chi connectivity index (χ4v) is 3.03. The molecule has 1 fully saturated rings. The van der Waals surface area contributed by atoms with Gasteiger partial charge in [0.25, 0.3) is 0 Å². The summed E-state index contributed by atoms with van der Waals surface area (Å²) in [5, 5.41) is 16.9. The molecule has 2 rings (SSSR count). The Balaban J connectivity index is 1.65. The minimum Gasteiger partial charge on any atom is -0.393 e. The lowest BCUT2D eigenvalue weighted by molar-refractivity contribution is 0.160. The molecule has 0 aromatic rings. The molecule has 0 amide bonds. The van der Waals surface area contributed by atoms with Crippen molar-refractivity contribution in [2.45, 2.75) is 58.1 Å². The second-order valence-corrected chi connectivity index (χ2v) is 6.61. The highest BCUT2D eigenvalue weighted by molar-refractivity contribution is 5.98. The van der Waals surface area contributed by atoms with E-state index in [4.69, 9.17) is 0 Å². The highest BCUT2D eigenvalue weighted by atomic mass is 16.3. The van der Waals surface area contributed by atoms with E-state index >= 15 is 0 Å². The summed E-state index contributed by atoms with van der Waals surface area (Å²) < 4.78 is 0. The third kappa shape index (κ3) is 6.57. The summed E-state index contributed by atoms with van der Waals surface area (Å²) >= 11 is 0. The van der Waals surface area contributed by atoms with Crippen molar-refractivity contribution in [1.82, 2.24) is 10.6 Å². The third-order valence-electron chi connectivity index (χ3n) is 4.65. The highest BCUT2D eigenvalue weighted by Crippen LogP contribution is 2.09. The fraction of sp³-hybridized carbons (Fsp3) is 0.684. The van der Waals surface area contributed by atoms with Crippen LogP contribution in [0.1, 0.15) is 46.0 Å². The van der Waals surface area contributed by atoms with Gasteiger partial charge in [0.1, 0.15) is 0 Å². The largest absolute Gasteiger partial charge is 0.393 e. The molecular weight excluding hydrogens is 300 g/mol. The van der Waals surface area contributed by atoms with Gasteiger partial charge < -0.3 is 15.7 Å². The number of allylic oxidation sites excluding steroid dienone is 3. The summed E-state index contributed by atoms with van der Waals surface area (Å²) in [6.45, 7) is 7.42. The maximum absolute atomic E-state index is 10.1. The van der Waals surface area contributed by atoms with Gasteiger partial charge in [0.2, 0.25) is 0 Å². The van der Waals surface area contributed by atoms with Gasteiger partial charge in [0.15, 0.2) is 0 Å². The summed E-state index contributed by atoms with van der Waals surface area (Å²) in [6, 6.07) is 0.438. The van der Waals surface area contributed by atoms with E-state index in [1.807, 2.05) is 19.1 Å². The van der Waals surface area contributed by atoms with Crippen molar-refractivity contribution >= 4 is 11.4 Å². The predicted molar refractivity (Wildman–Crippen MR) is 102 cm³/mol. The Hall–Kier alpha value is -1.46. The van der Waals surface area contributed by atoms with Crippen molar-refractivity contribution in [3.63, 3.8) is 0 Å². The van der Waals surface area contributed by atoms with E-state index in [0.29, 0.717) is 32.0 Å². The van der Waals surface area contributed by atoms with Crippen LogP contribution in [0.15, 0.2) is 33.9 Å². The molecule has 0 aromatic heterocycles. The van der Waals surface area contributed by atoms with Crippen LogP contribution in [0.3, 0.4) is 0 Å². The number of hydrogen-bond donors (Lipinski definition) is 3. The zero-order valence-electron chi connectivity index (χ0n) is 15.1. The quantitative estimate of drug-likeness (QED) is 0.597. The van der Waals surface area contributed by atoms with E-state index in [9.17, 15) is 5.11 Å². The first kappa shape index (κ1) is 18.9. The van der Waals surface area contributed by atoms with E-state index < -0.39 is 0 Å². The van der Waals surface area contributed by atoms with Gasteiger partial charge in [-0.25, -0.2) is 0 Å². The number of rotatable bonds is 8. The molecule has 0 spiro atoms. The summed E-state index contributed by atoms with van der Waals surface area (Å²) in [6.07, 6.45) is 11.0. The fourth-order valence-electron chi connectivity index (χ4n) is 3.03.